The minimum Gasteiger partial charge on any atom is -0.356 e. The maximum atomic E-state index is 13.0. The van der Waals surface area contributed by atoms with Gasteiger partial charge < -0.3 is 15.5 Å². The highest BCUT2D eigenvalue weighted by atomic mass is 16.2. The summed E-state index contributed by atoms with van der Waals surface area (Å²) in [5, 5.41) is 6.32. The van der Waals surface area contributed by atoms with Gasteiger partial charge in [-0.3, -0.25) is 14.4 Å². The maximum absolute atomic E-state index is 13.0. The molecular weight excluding hydrogens is 390 g/mol. The number of aryl methyl sites for hydroxylation is 1. The molecule has 168 valence electrons. The maximum Gasteiger partial charge on any atom is 0.230 e. The lowest BCUT2D eigenvalue weighted by molar-refractivity contribution is -0.127. The molecule has 0 atom stereocenters. The Hall–Kier alpha value is -2.37. The number of likely N-dealkylation sites (tertiary alicyclic amines) is 1. The summed E-state index contributed by atoms with van der Waals surface area (Å²) in [5.74, 6) is 0.548. The number of nitrogens with zero attached hydrogens (tertiary/aromatic N) is 1. The highest BCUT2D eigenvalue weighted by Gasteiger charge is 2.51. The third-order valence-electron chi connectivity index (χ3n) is 7.30. The Labute approximate surface area is 185 Å². The minimum absolute atomic E-state index is 0.0357. The van der Waals surface area contributed by atoms with E-state index in [-0.39, 0.29) is 35.1 Å². The number of amides is 3. The molecule has 1 aromatic rings. The van der Waals surface area contributed by atoms with Crippen LogP contribution in [-0.4, -0.2) is 48.3 Å². The number of hydrogen-bond acceptors (Lipinski definition) is 3. The van der Waals surface area contributed by atoms with Gasteiger partial charge in [-0.25, -0.2) is 0 Å². The molecule has 1 saturated heterocycles. The Morgan fingerprint density at radius 1 is 1.10 bits per heavy atom. The largest absolute Gasteiger partial charge is 0.356 e. The SMILES string of the molecule is Cc1ccc(C2(C(=O)NC3CCC(C(=O)NCCCN4CCCC4=O)CC3)CC2)cc1. The first-order chi connectivity index (χ1) is 15.0. The van der Waals surface area contributed by atoms with E-state index in [1.54, 1.807) is 0 Å². The molecule has 0 radical (unpaired) electrons. The highest BCUT2D eigenvalue weighted by molar-refractivity contribution is 5.91. The minimum atomic E-state index is -0.335. The Morgan fingerprint density at radius 2 is 1.81 bits per heavy atom. The molecule has 0 unspecified atom stereocenters. The molecule has 4 rings (SSSR count). The molecule has 0 spiro atoms. The topological polar surface area (TPSA) is 78.5 Å². The van der Waals surface area contributed by atoms with Crippen LogP contribution >= 0.6 is 0 Å². The number of carbonyl (C=O) groups is 3. The molecule has 3 amide bonds. The summed E-state index contributed by atoms with van der Waals surface area (Å²) in [6.07, 6.45) is 7.62. The fourth-order valence-corrected chi connectivity index (χ4v) is 5.03. The van der Waals surface area contributed by atoms with Crippen LogP contribution in [0.3, 0.4) is 0 Å². The van der Waals surface area contributed by atoms with Crippen LogP contribution < -0.4 is 10.6 Å². The van der Waals surface area contributed by atoms with E-state index in [0.717, 1.165) is 70.0 Å². The predicted molar refractivity (Wildman–Crippen MR) is 119 cm³/mol. The molecule has 2 N–H and O–H groups in total. The fraction of sp³-hybridized carbons (Fsp3) is 0.640. The number of rotatable bonds is 8. The lowest BCUT2D eigenvalue weighted by atomic mass is 9.84. The zero-order chi connectivity index (χ0) is 21.8. The Morgan fingerprint density at radius 3 is 2.42 bits per heavy atom. The van der Waals surface area contributed by atoms with Crippen molar-refractivity contribution in [3.63, 3.8) is 0 Å². The highest BCUT2D eigenvalue weighted by Crippen LogP contribution is 2.48. The van der Waals surface area contributed by atoms with Crippen molar-refractivity contribution >= 4 is 17.7 Å². The fourth-order valence-electron chi connectivity index (χ4n) is 5.03. The zero-order valence-corrected chi connectivity index (χ0v) is 18.6. The van der Waals surface area contributed by atoms with E-state index >= 15 is 0 Å². The molecule has 1 heterocycles. The number of carbonyl (C=O) groups excluding carboxylic acids is 3. The van der Waals surface area contributed by atoms with Gasteiger partial charge in [0.1, 0.15) is 0 Å². The van der Waals surface area contributed by atoms with E-state index in [9.17, 15) is 14.4 Å². The molecule has 6 heteroatoms. The lowest BCUT2D eigenvalue weighted by Gasteiger charge is -2.30. The molecule has 31 heavy (non-hydrogen) atoms. The second-order valence-corrected chi connectivity index (χ2v) is 9.60. The summed E-state index contributed by atoms with van der Waals surface area (Å²) in [5.41, 5.74) is 2.00. The first-order valence-corrected chi connectivity index (χ1v) is 11.9. The van der Waals surface area contributed by atoms with Gasteiger partial charge in [0.25, 0.3) is 0 Å². The zero-order valence-electron chi connectivity index (χ0n) is 18.6. The van der Waals surface area contributed by atoms with Crippen LogP contribution in [0.5, 0.6) is 0 Å². The van der Waals surface area contributed by atoms with Crippen LogP contribution in [0.2, 0.25) is 0 Å². The van der Waals surface area contributed by atoms with Crippen molar-refractivity contribution in [2.75, 3.05) is 19.6 Å². The quantitative estimate of drug-likeness (QED) is 0.629. The van der Waals surface area contributed by atoms with E-state index < -0.39 is 0 Å². The average molecular weight is 426 g/mol. The molecule has 1 aromatic carbocycles. The number of benzene rings is 1. The van der Waals surface area contributed by atoms with Gasteiger partial charge in [-0.05, 0) is 63.9 Å². The van der Waals surface area contributed by atoms with Gasteiger partial charge >= 0.3 is 0 Å². The van der Waals surface area contributed by atoms with E-state index in [4.69, 9.17) is 0 Å². The van der Waals surface area contributed by atoms with Crippen molar-refractivity contribution in [3.05, 3.63) is 35.4 Å². The van der Waals surface area contributed by atoms with Crippen LogP contribution in [0.15, 0.2) is 24.3 Å². The average Bonchev–Trinajstić information content (AvgIpc) is 3.49. The second kappa shape index (κ2) is 9.41. The van der Waals surface area contributed by atoms with E-state index in [1.165, 1.54) is 5.56 Å². The molecular formula is C25H35N3O3. The first kappa shape index (κ1) is 21.8. The summed E-state index contributed by atoms with van der Waals surface area (Å²) in [6, 6.07) is 8.50. The second-order valence-electron chi connectivity index (χ2n) is 9.60. The van der Waals surface area contributed by atoms with Gasteiger partial charge in [0.2, 0.25) is 17.7 Å². The van der Waals surface area contributed by atoms with E-state index in [0.29, 0.717) is 13.0 Å². The predicted octanol–water partition coefficient (Wildman–Crippen LogP) is 2.83. The monoisotopic (exact) mass is 425 g/mol. The van der Waals surface area contributed by atoms with Crippen molar-refractivity contribution in [1.82, 2.24) is 15.5 Å². The number of hydrogen-bond donors (Lipinski definition) is 2. The van der Waals surface area contributed by atoms with E-state index in [2.05, 4.69) is 41.8 Å². The van der Waals surface area contributed by atoms with Crippen LogP contribution in [0.4, 0.5) is 0 Å². The smallest absolute Gasteiger partial charge is 0.230 e. The normalized spacial score (nSPS) is 24.7. The molecule has 3 fully saturated rings. The van der Waals surface area contributed by atoms with Gasteiger partial charge in [-0.2, -0.15) is 0 Å². The molecule has 0 bridgehead atoms. The third kappa shape index (κ3) is 5.10. The lowest BCUT2D eigenvalue weighted by Crippen LogP contribution is -2.44. The van der Waals surface area contributed by atoms with Gasteiger partial charge in [0, 0.05) is 38.0 Å². The molecule has 0 aromatic heterocycles. The number of nitrogens with one attached hydrogen (secondary N) is 2. The third-order valence-corrected chi connectivity index (χ3v) is 7.30. The van der Waals surface area contributed by atoms with Gasteiger partial charge in [-0.15, -0.1) is 0 Å². The van der Waals surface area contributed by atoms with Gasteiger partial charge in [-0.1, -0.05) is 29.8 Å². The van der Waals surface area contributed by atoms with Crippen LogP contribution in [-0.2, 0) is 19.8 Å². The van der Waals surface area contributed by atoms with Crippen LogP contribution in [0.25, 0.3) is 0 Å². The summed E-state index contributed by atoms with van der Waals surface area (Å²) >= 11 is 0. The molecule has 6 nitrogen and oxygen atoms in total. The standard InChI is InChI=1S/C25H35N3O3/c1-18-5-9-20(10-6-18)25(13-14-25)24(31)27-21-11-7-19(8-12-21)23(30)26-15-3-17-28-16-2-4-22(28)29/h5-6,9-10,19,21H,2-4,7-8,11-17H2,1H3,(H,26,30)(H,27,31). The summed E-state index contributed by atoms with van der Waals surface area (Å²) < 4.78 is 0. The Balaban J connectivity index is 1.16. The van der Waals surface area contributed by atoms with Crippen molar-refractivity contribution < 1.29 is 14.4 Å². The van der Waals surface area contributed by atoms with Crippen molar-refractivity contribution in [2.24, 2.45) is 5.92 Å². The van der Waals surface area contributed by atoms with Gasteiger partial charge in [0.15, 0.2) is 0 Å². The molecule has 2 saturated carbocycles. The van der Waals surface area contributed by atoms with E-state index in [1.807, 2.05) is 4.90 Å². The first-order valence-electron chi connectivity index (χ1n) is 11.9. The van der Waals surface area contributed by atoms with Gasteiger partial charge in [0.05, 0.1) is 5.41 Å². The van der Waals surface area contributed by atoms with Crippen LogP contribution in [0.1, 0.15) is 68.9 Å². The van der Waals surface area contributed by atoms with Crippen LogP contribution in [0, 0.1) is 12.8 Å². The molecule has 2 aliphatic carbocycles. The summed E-state index contributed by atoms with van der Waals surface area (Å²) in [6.45, 7) is 4.28. The summed E-state index contributed by atoms with van der Waals surface area (Å²) in [4.78, 5) is 39.0. The molecule has 1 aliphatic heterocycles. The summed E-state index contributed by atoms with van der Waals surface area (Å²) in [7, 11) is 0. The Bertz CT molecular complexity index is 808. The molecule has 3 aliphatic rings. The van der Waals surface area contributed by atoms with Crippen molar-refractivity contribution in [3.8, 4) is 0 Å². The van der Waals surface area contributed by atoms with Crippen molar-refractivity contribution in [1.29, 1.82) is 0 Å². The Kier molecular flexibility index (Phi) is 6.63. The van der Waals surface area contributed by atoms with Crippen molar-refractivity contribution in [2.45, 2.75) is 76.2 Å².